The molecule has 0 unspecified atom stereocenters. The lowest BCUT2D eigenvalue weighted by Crippen LogP contribution is -2.33. The van der Waals surface area contributed by atoms with Crippen molar-refractivity contribution in [2.45, 2.75) is 26.3 Å². The van der Waals surface area contributed by atoms with Crippen LogP contribution in [-0.2, 0) is 6.54 Å². The van der Waals surface area contributed by atoms with E-state index in [2.05, 4.69) is 27.8 Å². The van der Waals surface area contributed by atoms with Crippen LogP contribution in [0.1, 0.15) is 25.3 Å². The van der Waals surface area contributed by atoms with Gasteiger partial charge in [-0.3, -0.25) is 4.90 Å². The first-order valence-corrected chi connectivity index (χ1v) is 7.17. The number of likely N-dealkylation sites (tertiary alicyclic amines) is 1. The Kier molecular flexibility index (Phi) is 4.51. The number of halogens is 1. The number of phenolic OH excluding ortho intramolecular Hbond substituents is 1. The third-order valence-corrected chi connectivity index (χ3v) is 4.06. The van der Waals surface area contributed by atoms with Gasteiger partial charge in [-0.2, -0.15) is 0 Å². The molecule has 100 valence electrons. The number of rotatable bonds is 3. The Morgan fingerprint density at radius 3 is 2.94 bits per heavy atom. The quantitative estimate of drug-likeness (QED) is 0.928. The summed E-state index contributed by atoms with van der Waals surface area (Å²) in [6.07, 6.45) is 2.61. The summed E-state index contributed by atoms with van der Waals surface area (Å²) < 4.78 is 5.87. The molecule has 0 aromatic heterocycles. The molecule has 1 aliphatic heterocycles. The fourth-order valence-electron chi connectivity index (χ4n) is 2.56. The van der Waals surface area contributed by atoms with Gasteiger partial charge in [0, 0.05) is 13.1 Å². The van der Waals surface area contributed by atoms with Crippen molar-refractivity contribution in [1.82, 2.24) is 4.90 Å². The van der Waals surface area contributed by atoms with E-state index in [1.807, 2.05) is 12.1 Å². The Hall–Kier alpha value is -0.740. The van der Waals surface area contributed by atoms with Crippen molar-refractivity contribution in [2.75, 3.05) is 20.2 Å². The van der Waals surface area contributed by atoms with Gasteiger partial charge >= 0.3 is 0 Å². The summed E-state index contributed by atoms with van der Waals surface area (Å²) >= 11 is 3.37. The third-order valence-electron chi connectivity index (χ3n) is 3.46. The molecule has 1 aromatic carbocycles. The van der Waals surface area contributed by atoms with Gasteiger partial charge in [0.2, 0.25) is 0 Å². The van der Waals surface area contributed by atoms with Gasteiger partial charge < -0.3 is 9.84 Å². The van der Waals surface area contributed by atoms with Gasteiger partial charge in [0.05, 0.1) is 11.6 Å². The maximum absolute atomic E-state index is 9.78. The number of benzene rings is 1. The molecule has 2 rings (SSSR count). The van der Waals surface area contributed by atoms with Gasteiger partial charge in [-0.15, -0.1) is 0 Å². The maximum atomic E-state index is 9.78. The number of aromatic hydroxyl groups is 1. The predicted octanol–water partition coefficient (Wildman–Crippen LogP) is 3.40. The molecule has 4 heteroatoms. The van der Waals surface area contributed by atoms with Gasteiger partial charge in [-0.1, -0.05) is 6.92 Å². The molecule has 0 radical (unpaired) electrons. The number of hydrogen-bond donors (Lipinski definition) is 1. The van der Waals surface area contributed by atoms with E-state index in [9.17, 15) is 5.11 Å². The van der Waals surface area contributed by atoms with Gasteiger partial charge in [0.15, 0.2) is 11.5 Å². The first-order valence-electron chi connectivity index (χ1n) is 6.38. The highest BCUT2D eigenvalue weighted by molar-refractivity contribution is 9.10. The van der Waals surface area contributed by atoms with Crippen molar-refractivity contribution in [3.8, 4) is 11.5 Å². The van der Waals surface area contributed by atoms with Crippen molar-refractivity contribution in [1.29, 1.82) is 0 Å². The number of ether oxygens (including phenoxy) is 1. The van der Waals surface area contributed by atoms with E-state index in [4.69, 9.17) is 4.74 Å². The topological polar surface area (TPSA) is 32.7 Å². The van der Waals surface area contributed by atoms with Crippen LogP contribution in [0.5, 0.6) is 11.5 Å². The largest absolute Gasteiger partial charge is 0.503 e. The molecule has 1 N–H and O–H groups in total. The Bertz CT molecular complexity index is 423. The highest BCUT2D eigenvalue weighted by atomic mass is 79.9. The van der Waals surface area contributed by atoms with Crippen molar-refractivity contribution in [2.24, 2.45) is 5.92 Å². The normalized spacial score (nSPS) is 20.9. The first kappa shape index (κ1) is 13.7. The molecule has 1 aromatic rings. The summed E-state index contributed by atoms with van der Waals surface area (Å²) in [7, 11) is 1.58. The highest BCUT2D eigenvalue weighted by Gasteiger charge is 2.17. The molecule has 0 bridgehead atoms. The van der Waals surface area contributed by atoms with Crippen LogP contribution in [0.25, 0.3) is 0 Å². The SMILES string of the molecule is COc1cc(CN2CCC[C@@H](C)C2)cc(Br)c1O. The number of methoxy groups -OCH3 is 1. The molecular formula is C14H20BrNO2. The molecule has 1 fully saturated rings. The number of nitrogens with zero attached hydrogens (tertiary/aromatic N) is 1. The molecule has 3 nitrogen and oxygen atoms in total. The van der Waals surface area contributed by atoms with Gasteiger partial charge in [-0.25, -0.2) is 0 Å². The average molecular weight is 314 g/mol. The minimum Gasteiger partial charge on any atom is -0.503 e. The summed E-state index contributed by atoms with van der Waals surface area (Å²) in [4.78, 5) is 2.46. The zero-order chi connectivity index (χ0) is 13.1. The first-order chi connectivity index (χ1) is 8.60. The summed E-state index contributed by atoms with van der Waals surface area (Å²) in [5.41, 5.74) is 1.17. The Balaban J connectivity index is 2.11. The number of phenols is 1. The van der Waals surface area contributed by atoms with E-state index < -0.39 is 0 Å². The van der Waals surface area contributed by atoms with Crippen molar-refractivity contribution in [3.63, 3.8) is 0 Å². The molecule has 1 atom stereocenters. The van der Waals surface area contributed by atoms with E-state index in [1.54, 1.807) is 7.11 Å². The molecule has 0 aliphatic carbocycles. The smallest absolute Gasteiger partial charge is 0.172 e. The molecule has 0 spiro atoms. The summed E-state index contributed by atoms with van der Waals surface area (Å²) in [6, 6.07) is 3.89. The maximum Gasteiger partial charge on any atom is 0.172 e. The van der Waals surface area contributed by atoms with E-state index in [1.165, 1.54) is 18.4 Å². The lowest BCUT2D eigenvalue weighted by molar-refractivity contribution is 0.176. The van der Waals surface area contributed by atoms with Crippen molar-refractivity contribution >= 4 is 15.9 Å². The third kappa shape index (κ3) is 3.18. The van der Waals surface area contributed by atoms with E-state index in [0.29, 0.717) is 10.2 Å². The Morgan fingerprint density at radius 1 is 1.50 bits per heavy atom. The van der Waals surface area contributed by atoms with Gasteiger partial charge in [-0.05, 0) is 58.9 Å². The average Bonchev–Trinajstić information content (AvgIpc) is 2.33. The zero-order valence-electron chi connectivity index (χ0n) is 10.9. The molecule has 18 heavy (non-hydrogen) atoms. The van der Waals surface area contributed by atoms with Crippen LogP contribution in [0.3, 0.4) is 0 Å². The second-order valence-electron chi connectivity index (χ2n) is 5.11. The summed E-state index contributed by atoms with van der Waals surface area (Å²) in [5, 5.41) is 9.78. The van der Waals surface area contributed by atoms with E-state index in [0.717, 1.165) is 25.6 Å². The van der Waals surface area contributed by atoms with Crippen LogP contribution < -0.4 is 4.74 Å². The second kappa shape index (κ2) is 5.93. The highest BCUT2D eigenvalue weighted by Crippen LogP contribution is 2.35. The van der Waals surface area contributed by atoms with Gasteiger partial charge in [0.1, 0.15) is 0 Å². The van der Waals surface area contributed by atoms with Crippen LogP contribution in [0.4, 0.5) is 0 Å². The molecule has 0 saturated carbocycles. The fraction of sp³-hybridized carbons (Fsp3) is 0.571. The van der Waals surface area contributed by atoms with Crippen molar-refractivity contribution < 1.29 is 9.84 Å². The number of piperidine rings is 1. The van der Waals surface area contributed by atoms with E-state index >= 15 is 0 Å². The number of hydrogen-bond acceptors (Lipinski definition) is 3. The molecule has 0 amide bonds. The molecule has 1 aliphatic rings. The zero-order valence-corrected chi connectivity index (χ0v) is 12.5. The van der Waals surface area contributed by atoms with Crippen LogP contribution in [0, 0.1) is 5.92 Å². The van der Waals surface area contributed by atoms with Crippen molar-refractivity contribution in [3.05, 3.63) is 22.2 Å². The lowest BCUT2D eigenvalue weighted by Gasteiger charge is -2.31. The standard InChI is InChI=1S/C14H20BrNO2/c1-10-4-3-5-16(8-10)9-11-6-12(15)14(17)13(7-11)18-2/h6-7,10,17H,3-5,8-9H2,1-2H3/t10-/m1/s1. The molecule has 1 heterocycles. The fourth-order valence-corrected chi connectivity index (χ4v) is 3.05. The van der Waals surface area contributed by atoms with Gasteiger partial charge in [0.25, 0.3) is 0 Å². The minimum absolute atomic E-state index is 0.174. The lowest BCUT2D eigenvalue weighted by atomic mass is 10.00. The minimum atomic E-state index is 0.174. The predicted molar refractivity (Wildman–Crippen MR) is 76.0 cm³/mol. The van der Waals surface area contributed by atoms with Crippen LogP contribution in [-0.4, -0.2) is 30.2 Å². The van der Waals surface area contributed by atoms with Crippen LogP contribution in [0.2, 0.25) is 0 Å². The molecule has 1 saturated heterocycles. The van der Waals surface area contributed by atoms with Crippen LogP contribution in [0.15, 0.2) is 16.6 Å². The monoisotopic (exact) mass is 313 g/mol. The van der Waals surface area contributed by atoms with E-state index in [-0.39, 0.29) is 5.75 Å². The summed E-state index contributed by atoms with van der Waals surface area (Å²) in [5.74, 6) is 1.49. The second-order valence-corrected chi connectivity index (χ2v) is 5.97. The Labute approximate surface area is 117 Å². The Morgan fingerprint density at radius 2 is 2.28 bits per heavy atom. The van der Waals surface area contributed by atoms with Crippen LogP contribution >= 0.6 is 15.9 Å². The summed E-state index contributed by atoms with van der Waals surface area (Å²) in [6.45, 7) is 5.53. The molecular weight excluding hydrogens is 294 g/mol.